The van der Waals surface area contributed by atoms with Crippen LogP contribution in [0.3, 0.4) is 0 Å². The van der Waals surface area contributed by atoms with Gasteiger partial charge < -0.3 is 14.8 Å². The monoisotopic (exact) mass is 420 g/mol. The number of ether oxygens (including phenoxy) is 2. The molecule has 0 saturated heterocycles. The molecule has 0 aliphatic rings. The molecule has 7 nitrogen and oxygen atoms in total. The zero-order chi connectivity index (χ0) is 22.2. The fourth-order valence-corrected chi connectivity index (χ4v) is 3.25. The Bertz CT molecular complexity index is 1020. The van der Waals surface area contributed by atoms with Gasteiger partial charge in [-0.25, -0.2) is 0 Å². The molecule has 0 unspecified atom stereocenters. The lowest BCUT2D eigenvalue weighted by Gasteiger charge is -2.20. The molecular formula is C24H24N2O5. The summed E-state index contributed by atoms with van der Waals surface area (Å²) in [6.07, 6.45) is 0.732. The highest BCUT2D eigenvalue weighted by Crippen LogP contribution is 2.23. The van der Waals surface area contributed by atoms with Gasteiger partial charge in [-0.05, 0) is 47.4 Å². The van der Waals surface area contributed by atoms with E-state index in [-0.39, 0.29) is 24.1 Å². The number of non-ortho nitro benzene ring substituents is 1. The van der Waals surface area contributed by atoms with Crippen molar-refractivity contribution in [3.63, 3.8) is 0 Å². The number of nitrogens with zero attached hydrogens (tertiary/aromatic N) is 1. The van der Waals surface area contributed by atoms with Gasteiger partial charge in [0.2, 0.25) is 5.91 Å². The van der Waals surface area contributed by atoms with Crippen LogP contribution in [0, 0.1) is 10.1 Å². The number of nitro benzene ring substituents is 1. The van der Waals surface area contributed by atoms with Gasteiger partial charge in [-0.1, -0.05) is 36.4 Å². The number of benzene rings is 3. The van der Waals surface area contributed by atoms with Crippen LogP contribution < -0.4 is 14.8 Å². The third kappa shape index (κ3) is 6.05. The number of hydrogen-bond acceptors (Lipinski definition) is 5. The van der Waals surface area contributed by atoms with Crippen molar-refractivity contribution in [1.82, 2.24) is 5.32 Å². The van der Waals surface area contributed by atoms with Gasteiger partial charge in [-0.15, -0.1) is 0 Å². The highest BCUT2D eigenvalue weighted by atomic mass is 16.6. The summed E-state index contributed by atoms with van der Waals surface area (Å²) in [5.41, 5.74) is 2.71. The number of rotatable bonds is 9. The molecule has 1 N–H and O–H groups in total. The Balaban J connectivity index is 1.75. The lowest BCUT2D eigenvalue weighted by Crippen LogP contribution is -2.31. The summed E-state index contributed by atoms with van der Waals surface area (Å²) in [4.78, 5) is 23.1. The quantitative estimate of drug-likeness (QED) is 0.413. The van der Waals surface area contributed by atoms with Crippen LogP contribution in [0.1, 0.15) is 22.7 Å². The van der Waals surface area contributed by atoms with E-state index in [1.807, 2.05) is 48.5 Å². The fourth-order valence-electron chi connectivity index (χ4n) is 3.25. The largest absolute Gasteiger partial charge is 0.497 e. The van der Waals surface area contributed by atoms with Gasteiger partial charge in [0.05, 0.1) is 31.6 Å². The second kappa shape index (κ2) is 10.2. The highest BCUT2D eigenvalue weighted by Gasteiger charge is 2.17. The molecule has 160 valence electrons. The van der Waals surface area contributed by atoms with E-state index >= 15 is 0 Å². The number of carbonyl (C=O) groups excluding carboxylic acids is 1. The van der Waals surface area contributed by atoms with Crippen molar-refractivity contribution in [2.75, 3.05) is 14.2 Å². The normalized spacial score (nSPS) is 11.4. The maximum Gasteiger partial charge on any atom is 0.269 e. The second-order valence-electron chi connectivity index (χ2n) is 7.05. The highest BCUT2D eigenvalue weighted by molar-refractivity contribution is 5.79. The molecule has 1 amide bonds. The molecule has 0 radical (unpaired) electrons. The van der Waals surface area contributed by atoms with Crippen molar-refractivity contribution in [3.8, 4) is 11.5 Å². The molecule has 0 aliphatic heterocycles. The van der Waals surface area contributed by atoms with Crippen molar-refractivity contribution >= 4 is 11.6 Å². The zero-order valence-electron chi connectivity index (χ0n) is 17.4. The standard InChI is InChI=1S/C24H24N2O5/c1-30-21-11-5-17(6-12-21)15-23(19-7-13-22(31-2)14-8-19)25-24(27)16-18-3-9-20(10-4-18)26(28)29/h3-14,23H,15-16H2,1-2H3,(H,25,27)/t23-/m0/s1. The van der Waals surface area contributed by atoms with E-state index < -0.39 is 4.92 Å². The first kappa shape index (κ1) is 21.8. The Kier molecular flexibility index (Phi) is 7.22. The van der Waals surface area contributed by atoms with Crippen molar-refractivity contribution in [3.05, 3.63) is 99.6 Å². The van der Waals surface area contributed by atoms with Crippen LogP contribution >= 0.6 is 0 Å². The predicted octanol–water partition coefficient (Wildman–Crippen LogP) is 4.25. The molecular weight excluding hydrogens is 396 g/mol. The van der Waals surface area contributed by atoms with Gasteiger partial charge in [-0.2, -0.15) is 0 Å². The number of nitrogens with one attached hydrogen (secondary N) is 1. The summed E-state index contributed by atoms with van der Waals surface area (Å²) >= 11 is 0. The summed E-state index contributed by atoms with van der Waals surface area (Å²) in [5.74, 6) is 1.35. The molecule has 0 bridgehead atoms. The molecule has 0 heterocycles. The molecule has 0 aliphatic carbocycles. The van der Waals surface area contributed by atoms with Gasteiger partial charge in [0.25, 0.3) is 5.69 Å². The van der Waals surface area contributed by atoms with Gasteiger partial charge in [-0.3, -0.25) is 14.9 Å². The fraction of sp³-hybridized carbons (Fsp3) is 0.208. The van der Waals surface area contributed by atoms with Crippen LogP contribution in [-0.4, -0.2) is 25.1 Å². The summed E-state index contributed by atoms with van der Waals surface area (Å²) in [6, 6.07) is 21.1. The van der Waals surface area contributed by atoms with E-state index in [0.717, 1.165) is 22.6 Å². The third-order valence-electron chi connectivity index (χ3n) is 4.96. The van der Waals surface area contributed by atoms with E-state index in [4.69, 9.17) is 9.47 Å². The number of hydrogen-bond donors (Lipinski definition) is 1. The van der Waals surface area contributed by atoms with E-state index in [2.05, 4.69) is 5.32 Å². The second-order valence-corrected chi connectivity index (χ2v) is 7.05. The molecule has 0 spiro atoms. The first-order chi connectivity index (χ1) is 15.0. The van der Waals surface area contributed by atoms with Gasteiger partial charge >= 0.3 is 0 Å². The number of amides is 1. The van der Waals surface area contributed by atoms with E-state index in [9.17, 15) is 14.9 Å². The van der Waals surface area contributed by atoms with Crippen LogP contribution in [0.5, 0.6) is 11.5 Å². The smallest absolute Gasteiger partial charge is 0.269 e. The van der Waals surface area contributed by atoms with Crippen LogP contribution in [0.2, 0.25) is 0 Å². The Morgan fingerprint density at radius 1 is 0.871 bits per heavy atom. The van der Waals surface area contributed by atoms with Gasteiger partial charge in [0.1, 0.15) is 11.5 Å². The minimum absolute atomic E-state index is 0.000210. The number of carbonyl (C=O) groups is 1. The summed E-state index contributed by atoms with van der Waals surface area (Å²) in [6.45, 7) is 0. The van der Waals surface area contributed by atoms with Crippen molar-refractivity contribution < 1.29 is 19.2 Å². The van der Waals surface area contributed by atoms with Crippen LogP contribution in [0.4, 0.5) is 5.69 Å². The average molecular weight is 420 g/mol. The first-order valence-electron chi connectivity index (χ1n) is 9.78. The van der Waals surface area contributed by atoms with Crippen LogP contribution in [0.25, 0.3) is 0 Å². The van der Waals surface area contributed by atoms with Crippen LogP contribution in [0.15, 0.2) is 72.8 Å². The molecule has 3 aromatic carbocycles. The maximum absolute atomic E-state index is 12.7. The maximum atomic E-state index is 12.7. The van der Waals surface area contributed by atoms with E-state index in [1.54, 1.807) is 26.4 Å². The third-order valence-corrected chi connectivity index (χ3v) is 4.96. The number of nitro groups is 1. The summed E-state index contributed by atoms with van der Waals surface area (Å²) in [5, 5.41) is 13.9. The molecule has 3 rings (SSSR count). The Morgan fingerprint density at radius 2 is 1.39 bits per heavy atom. The summed E-state index contributed by atoms with van der Waals surface area (Å²) in [7, 11) is 3.23. The Morgan fingerprint density at radius 3 is 1.90 bits per heavy atom. The molecule has 1 atom stereocenters. The van der Waals surface area contributed by atoms with Gasteiger partial charge in [0.15, 0.2) is 0 Å². The summed E-state index contributed by atoms with van der Waals surface area (Å²) < 4.78 is 10.4. The van der Waals surface area contributed by atoms with E-state index in [1.165, 1.54) is 12.1 Å². The van der Waals surface area contributed by atoms with Crippen molar-refractivity contribution in [2.24, 2.45) is 0 Å². The Labute approximate surface area is 180 Å². The number of methoxy groups -OCH3 is 2. The van der Waals surface area contributed by atoms with Gasteiger partial charge in [0, 0.05) is 12.1 Å². The topological polar surface area (TPSA) is 90.7 Å². The molecule has 0 saturated carbocycles. The van der Waals surface area contributed by atoms with Crippen LogP contribution in [-0.2, 0) is 17.6 Å². The van der Waals surface area contributed by atoms with E-state index in [0.29, 0.717) is 12.0 Å². The lowest BCUT2D eigenvalue weighted by molar-refractivity contribution is -0.384. The lowest BCUT2D eigenvalue weighted by atomic mass is 9.98. The zero-order valence-corrected chi connectivity index (χ0v) is 17.4. The van der Waals surface area contributed by atoms with Crippen molar-refractivity contribution in [1.29, 1.82) is 0 Å². The molecule has 0 aromatic heterocycles. The first-order valence-corrected chi connectivity index (χ1v) is 9.78. The SMILES string of the molecule is COc1ccc(C[C@H](NC(=O)Cc2ccc([N+](=O)[O-])cc2)c2ccc(OC)cc2)cc1. The minimum Gasteiger partial charge on any atom is -0.497 e. The Hall–Kier alpha value is -3.87. The minimum atomic E-state index is -0.460. The predicted molar refractivity (Wildman–Crippen MR) is 117 cm³/mol. The van der Waals surface area contributed by atoms with Crippen molar-refractivity contribution in [2.45, 2.75) is 18.9 Å². The molecule has 7 heteroatoms. The molecule has 31 heavy (non-hydrogen) atoms. The molecule has 3 aromatic rings. The molecule has 0 fully saturated rings. The average Bonchev–Trinajstić information content (AvgIpc) is 2.79.